The number of nitrogens with zero attached hydrogens (tertiary/aromatic N) is 5. The maximum absolute atomic E-state index is 13.7. The van der Waals surface area contributed by atoms with Crippen molar-refractivity contribution in [2.24, 2.45) is 0 Å². The van der Waals surface area contributed by atoms with Crippen LogP contribution in [0.25, 0.3) is 21.9 Å². The van der Waals surface area contributed by atoms with Crippen LogP contribution in [0.4, 0.5) is 5.82 Å². The number of piperidine rings is 1. The minimum atomic E-state index is -0.173. The van der Waals surface area contributed by atoms with Crippen molar-refractivity contribution >= 4 is 56.9 Å². The molecule has 2 aromatic heterocycles. The van der Waals surface area contributed by atoms with E-state index in [0.29, 0.717) is 26.9 Å². The first kappa shape index (κ1) is 26.7. The van der Waals surface area contributed by atoms with Crippen molar-refractivity contribution in [2.45, 2.75) is 52.1 Å². The number of likely N-dealkylation sites (N-methyl/N-ethyl adjacent to an activating group) is 1. The predicted molar refractivity (Wildman–Crippen MR) is 154 cm³/mol. The third kappa shape index (κ3) is 5.44. The number of nitrogens with one attached hydrogen (secondary N) is 2. The summed E-state index contributed by atoms with van der Waals surface area (Å²) in [6.07, 6.45) is 4.66. The minimum Gasteiger partial charge on any atom is -0.360 e. The lowest BCUT2D eigenvalue weighted by atomic mass is 9.99. The second-order valence-corrected chi connectivity index (χ2v) is 10.7. The largest absolute Gasteiger partial charge is 0.360 e. The number of likely N-dealkylation sites (tertiary alicyclic amines) is 1. The maximum Gasteiger partial charge on any atom is 0.255 e. The van der Waals surface area contributed by atoms with E-state index in [9.17, 15) is 4.79 Å². The van der Waals surface area contributed by atoms with E-state index >= 15 is 0 Å². The van der Waals surface area contributed by atoms with Gasteiger partial charge in [-0.05, 0) is 69.6 Å². The Kier molecular flexibility index (Phi) is 8.02. The van der Waals surface area contributed by atoms with Crippen LogP contribution in [-0.4, -0.2) is 67.9 Å². The summed E-state index contributed by atoms with van der Waals surface area (Å²) in [6.45, 7) is 9.89. The lowest BCUT2D eigenvalue weighted by Gasteiger charge is -2.38. The summed E-state index contributed by atoms with van der Waals surface area (Å²) < 4.78 is 0. The van der Waals surface area contributed by atoms with E-state index in [1.54, 1.807) is 12.1 Å². The van der Waals surface area contributed by atoms with E-state index in [4.69, 9.17) is 23.2 Å². The fourth-order valence-corrected chi connectivity index (χ4v) is 5.64. The number of amides is 1. The van der Waals surface area contributed by atoms with Gasteiger partial charge in [0.15, 0.2) is 0 Å². The number of halogens is 2. The highest BCUT2D eigenvalue weighted by molar-refractivity contribution is 6.35. The van der Waals surface area contributed by atoms with Gasteiger partial charge in [0.1, 0.15) is 18.0 Å². The summed E-state index contributed by atoms with van der Waals surface area (Å²) >= 11 is 12.9. The average molecular weight is 555 g/mol. The molecule has 8 nitrogen and oxygen atoms in total. The molecule has 4 aromatic rings. The number of carbonyl (C=O) groups excluding carboxylic acids is 1. The molecular weight excluding hydrogens is 521 g/mol. The Morgan fingerprint density at radius 3 is 2.76 bits per heavy atom. The number of rotatable bonds is 8. The molecule has 0 aliphatic carbocycles. The quantitative estimate of drug-likeness (QED) is 0.265. The lowest BCUT2D eigenvalue weighted by Crippen LogP contribution is -2.49. The van der Waals surface area contributed by atoms with Crippen molar-refractivity contribution in [3.8, 4) is 0 Å². The molecule has 1 aliphatic heterocycles. The highest BCUT2D eigenvalue weighted by Crippen LogP contribution is 2.31. The summed E-state index contributed by atoms with van der Waals surface area (Å²) in [6, 6.07) is 9.17. The Labute approximate surface area is 232 Å². The van der Waals surface area contributed by atoms with Gasteiger partial charge in [0, 0.05) is 29.5 Å². The summed E-state index contributed by atoms with van der Waals surface area (Å²) in [5.41, 5.74) is 2.86. The first-order valence-corrected chi connectivity index (χ1v) is 14.0. The molecule has 1 aliphatic rings. The standard InChI is InChI=1S/C28H33Cl2N7O/c1-4-36(5-2)15-19-8-6-7-11-37(19)28(38)20-14-24-21(13-22(20)30)27(32-16-31-24)33-17(3)26-34-23-10-9-18(29)12-25(23)35-26/h9-10,12-14,16-17,19H,4-8,11,15H2,1-3H3,(H,34,35)(H,31,32,33)/t17-,19-/m0/s1. The number of hydrogen-bond donors (Lipinski definition) is 2. The van der Waals surface area contributed by atoms with Gasteiger partial charge in [-0.3, -0.25) is 4.79 Å². The van der Waals surface area contributed by atoms with E-state index in [1.807, 2.05) is 30.0 Å². The number of hydrogen-bond acceptors (Lipinski definition) is 6. The Hall–Kier alpha value is -2.94. The van der Waals surface area contributed by atoms with Gasteiger partial charge in [-0.25, -0.2) is 15.0 Å². The molecule has 200 valence electrons. The number of H-pyrrole nitrogens is 1. The first-order valence-electron chi connectivity index (χ1n) is 13.3. The van der Waals surface area contributed by atoms with E-state index < -0.39 is 0 Å². The Morgan fingerprint density at radius 1 is 1.16 bits per heavy atom. The van der Waals surface area contributed by atoms with E-state index in [0.717, 1.165) is 67.7 Å². The SMILES string of the molecule is CCN(CC)C[C@@H]1CCCCN1C(=O)c1cc2ncnc(N[C@@H](C)c3nc4cc(Cl)ccc4[nH]3)c2cc1Cl. The van der Waals surface area contributed by atoms with Crippen LogP contribution in [0.5, 0.6) is 0 Å². The molecule has 10 heteroatoms. The van der Waals surface area contributed by atoms with E-state index in [1.165, 1.54) is 6.33 Å². The molecule has 3 heterocycles. The average Bonchev–Trinajstić information content (AvgIpc) is 3.35. The van der Waals surface area contributed by atoms with E-state index in [-0.39, 0.29) is 18.0 Å². The second-order valence-electron chi connectivity index (χ2n) is 9.86. The molecule has 1 saturated heterocycles. The molecule has 0 spiro atoms. The second kappa shape index (κ2) is 11.4. The Bertz CT molecular complexity index is 1450. The number of imidazole rings is 1. The number of fused-ring (bicyclic) bond motifs is 2. The third-order valence-electron chi connectivity index (χ3n) is 7.43. The van der Waals surface area contributed by atoms with Crippen LogP contribution in [0.1, 0.15) is 62.3 Å². The fourth-order valence-electron chi connectivity index (χ4n) is 5.23. The van der Waals surface area contributed by atoms with Gasteiger partial charge < -0.3 is 20.1 Å². The van der Waals surface area contributed by atoms with Gasteiger partial charge >= 0.3 is 0 Å². The minimum absolute atomic E-state index is 0.0313. The number of carbonyl (C=O) groups is 1. The molecule has 0 unspecified atom stereocenters. The van der Waals surface area contributed by atoms with Crippen molar-refractivity contribution in [2.75, 3.05) is 31.5 Å². The summed E-state index contributed by atoms with van der Waals surface area (Å²) in [5.74, 6) is 1.35. The van der Waals surface area contributed by atoms with Crippen molar-refractivity contribution in [1.29, 1.82) is 0 Å². The van der Waals surface area contributed by atoms with Gasteiger partial charge in [-0.2, -0.15) is 0 Å². The zero-order valence-corrected chi connectivity index (χ0v) is 23.5. The zero-order valence-electron chi connectivity index (χ0n) is 22.0. The van der Waals surface area contributed by atoms with Gasteiger partial charge in [0.05, 0.1) is 33.2 Å². The van der Waals surface area contributed by atoms with Crippen LogP contribution < -0.4 is 5.32 Å². The van der Waals surface area contributed by atoms with Gasteiger partial charge in [-0.1, -0.05) is 37.0 Å². The number of aromatic nitrogens is 4. The van der Waals surface area contributed by atoms with Gasteiger partial charge in [0.2, 0.25) is 0 Å². The van der Waals surface area contributed by atoms with Crippen molar-refractivity contribution < 1.29 is 4.79 Å². The van der Waals surface area contributed by atoms with Crippen LogP contribution in [-0.2, 0) is 0 Å². The third-order valence-corrected chi connectivity index (χ3v) is 7.98. The molecule has 0 radical (unpaired) electrons. The summed E-state index contributed by atoms with van der Waals surface area (Å²) in [4.78, 5) is 35.0. The van der Waals surface area contributed by atoms with Crippen molar-refractivity contribution in [1.82, 2.24) is 29.7 Å². The Balaban J connectivity index is 1.41. The summed E-state index contributed by atoms with van der Waals surface area (Å²) in [7, 11) is 0. The monoisotopic (exact) mass is 553 g/mol. The molecule has 2 aromatic carbocycles. The molecule has 2 atom stereocenters. The zero-order chi connectivity index (χ0) is 26.8. The van der Waals surface area contributed by atoms with Crippen LogP contribution in [0.2, 0.25) is 10.0 Å². The smallest absolute Gasteiger partial charge is 0.255 e. The number of benzene rings is 2. The van der Waals surface area contributed by atoms with Crippen LogP contribution >= 0.6 is 23.2 Å². The van der Waals surface area contributed by atoms with Crippen molar-refractivity contribution in [3.05, 3.63) is 58.1 Å². The van der Waals surface area contributed by atoms with Crippen molar-refractivity contribution in [3.63, 3.8) is 0 Å². The molecule has 0 bridgehead atoms. The highest BCUT2D eigenvalue weighted by Gasteiger charge is 2.30. The van der Waals surface area contributed by atoms with Crippen LogP contribution in [0.15, 0.2) is 36.7 Å². The summed E-state index contributed by atoms with van der Waals surface area (Å²) in [5, 5.41) is 5.21. The molecule has 38 heavy (non-hydrogen) atoms. The highest BCUT2D eigenvalue weighted by atomic mass is 35.5. The molecule has 2 N–H and O–H groups in total. The molecule has 5 rings (SSSR count). The molecule has 1 amide bonds. The molecular formula is C28H33Cl2N7O. The lowest BCUT2D eigenvalue weighted by molar-refractivity contribution is 0.0552. The number of anilines is 1. The van der Waals surface area contributed by atoms with Gasteiger partial charge in [-0.15, -0.1) is 0 Å². The topological polar surface area (TPSA) is 90.0 Å². The van der Waals surface area contributed by atoms with Crippen LogP contribution in [0.3, 0.4) is 0 Å². The first-order chi connectivity index (χ1) is 18.4. The van der Waals surface area contributed by atoms with Gasteiger partial charge in [0.25, 0.3) is 5.91 Å². The molecule has 1 fully saturated rings. The number of aromatic amines is 1. The van der Waals surface area contributed by atoms with Crippen LogP contribution in [0, 0.1) is 0 Å². The normalized spacial score (nSPS) is 16.9. The van der Waals surface area contributed by atoms with E-state index in [2.05, 4.69) is 44.0 Å². The predicted octanol–water partition coefficient (Wildman–Crippen LogP) is 6.32. The Morgan fingerprint density at radius 2 is 1.97 bits per heavy atom. The molecule has 0 saturated carbocycles. The fraction of sp³-hybridized carbons (Fsp3) is 0.429. The maximum atomic E-state index is 13.7.